The van der Waals surface area contributed by atoms with E-state index in [0.717, 1.165) is 22.3 Å². The molecule has 1 aliphatic heterocycles. The Bertz CT molecular complexity index is 953. The molecule has 0 spiro atoms. The van der Waals surface area contributed by atoms with Crippen LogP contribution in [0.3, 0.4) is 0 Å². The number of ether oxygens (including phenoxy) is 3. The number of aryl methyl sites for hydroxylation is 1. The Hall–Kier alpha value is -3.06. The quantitative estimate of drug-likeness (QED) is 0.699. The molecule has 0 aliphatic carbocycles. The minimum Gasteiger partial charge on any atom is -0.486 e. The van der Waals surface area contributed by atoms with Gasteiger partial charge in [0.05, 0.1) is 17.6 Å². The summed E-state index contributed by atoms with van der Waals surface area (Å²) in [5, 5.41) is 2.81. The van der Waals surface area contributed by atoms with Crippen LogP contribution in [0.1, 0.15) is 11.4 Å². The molecule has 2 aromatic carbocycles. The summed E-state index contributed by atoms with van der Waals surface area (Å²) in [6.45, 7) is 2.98. The van der Waals surface area contributed by atoms with Crippen molar-refractivity contribution in [2.45, 2.75) is 19.6 Å². The molecule has 1 aromatic heterocycles. The summed E-state index contributed by atoms with van der Waals surface area (Å²) in [5.74, 6) is 1.92. The zero-order valence-electron chi connectivity index (χ0n) is 15.0. The molecule has 140 valence electrons. The first-order chi connectivity index (χ1) is 13.2. The van der Waals surface area contributed by atoms with Gasteiger partial charge in [-0.05, 0) is 30.7 Å². The summed E-state index contributed by atoms with van der Waals surface area (Å²) < 4.78 is 16.9. The standard InChI is InChI=1S/C20H21N3O4/c1-13-5-4-6-15-20(13)23-18(22-15)11-25-12-19(24)21-9-14-10-26-16-7-2-3-8-17(16)27-14/h2-8,14H,9-12H2,1H3,(H,21,24)(H,22,23)/t14-/m1/s1. The Labute approximate surface area is 156 Å². The highest BCUT2D eigenvalue weighted by atomic mass is 16.6. The second-order valence-corrected chi connectivity index (χ2v) is 6.45. The molecule has 1 aliphatic rings. The van der Waals surface area contributed by atoms with Crippen molar-refractivity contribution in [2.75, 3.05) is 19.8 Å². The lowest BCUT2D eigenvalue weighted by molar-refractivity contribution is -0.126. The number of H-pyrrole nitrogens is 1. The number of amides is 1. The SMILES string of the molecule is Cc1cccc2[nH]c(COCC(=O)NC[C@@H]3COc4ccccc4O3)nc12. The molecular formula is C20H21N3O4. The van der Waals surface area contributed by atoms with Crippen LogP contribution in [0, 0.1) is 6.92 Å². The van der Waals surface area contributed by atoms with Gasteiger partial charge >= 0.3 is 0 Å². The summed E-state index contributed by atoms with van der Waals surface area (Å²) in [6, 6.07) is 13.4. The molecule has 0 bridgehead atoms. The Balaban J connectivity index is 1.21. The molecule has 0 saturated carbocycles. The number of fused-ring (bicyclic) bond motifs is 2. The molecule has 4 rings (SSSR count). The van der Waals surface area contributed by atoms with Crippen LogP contribution in [0.4, 0.5) is 0 Å². The Morgan fingerprint density at radius 3 is 2.96 bits per heavy atom. The lowest BCUT2D eigenvalue weighted by Gasteiger charge is -2.26. The number of nitrogens with one attached hydrogen (secondary N) is 2. The number of aromatic amines is 1. The molecule has 1 atom stereocenters. The second-order valence-electron chi connectivity index (χ2n) is 6.45. The van der Waals surface area contributed by atoms with E-state index in [9.17, 15) is 4.79 Å². The molecule has 0 fully saturated rings. The van der Waals surface area contributed by atoms with Gasteiger partial charge in [-0.25, -0.2) is 4.98 Å². The maximum absolute atomic E-state index is 12.0. The van der Waals surface area contributed by atoms with Crippen molar-refractivity contribution in [2.24, 2.45) is 0 Å². The Morgan fingerprint density at radius 2 is 2.11 bits per heavy atom. The minimum atomic E-state index is -0.220. The van der Waals surface area contributed by atoms with Gasteiger partial charge in [-0.15, -0.1) is 0 Å². The predicted molar refractivity (Wildman–Crippen MR) is 99.8 cm³/mol. The molecule has 1 amide bonds. The highest BCUT2D eigenvalue weighted by Gasteiger charge is 2.21. The summed E-state index contributed by atoms with van der Waals surface area (Å²) >= 11 is 0. The van der Waals surface area contributed by atoms with Crippen LogP contribution in [-0.4, -0.2) is 41.7 Å². The number of rotatable bonds is 6. The zero-order chi connectivity index (χ0) is 18.6. The van der Waals surface area contributed by atoms with Crippen molar-refractivity contribution in [3.63, 3.8) is 0 Å². The largest absolute Gasteiger partial charge is 0.486 e. The van der Waals surface area contributed by atoms with E-state index in [4.69, 9.17) is 14.2 Å². The number of imidazole rings is 1. The summed E-state index contributed by atoms with van der Waals surface area (Å²) in [7, 11) is 0. The van der Waals surface area contributed by atoms with Crippen molar-refractivity contribution in [1.29, 1.82) is 0 Å². The number of para-hydroxylation sites is 3. The fourth-order valence-corrected chi connectivity index (χ4v) is 2.98. The fraction of sp³-hybridized carbons (Fsp3) is 0.300. The normalized spacial score (nSPS) is 15.7. The third-order valence-electron chi connectivity index (χ3n) is 4.33. The molecule has 0 saturated heterocycles. The maximum atomic E-state index is 12.0. The Kier molecular flexibility index (Phi) is 4.93. The van der Waals surface area contributed by atoms with Gasteiger partial charge < -0.3 is 24.5 Å². The van der Waals surface area contributed by atoms with Crippen molar-refractivity contribution in [3.8, 4) is 11.5 Å². The van der Waals surface area contributed by atoms with Crippen molar-refractivity contribution >= 4 is 16.9 Å². The third-order valence-corrected chi connectivity index (χ3v) is 4.33. The number of nitrogens with zero attached hydrogens (tertiary/aromatic N) is 1. The number of aromatic nitrogens is 2. The van der Waals surface area contributed by atoms with Crippen LogP contribution in [0.25, 0.3) is 11.0 Å². The topological polar surface area (TPSA) is 85.5 Å². The second kappa shape index (κ2) is 7.67. The van der Waals surface area contributed by atoms with Crippen molar-refractivity contribution in [3.05, 3.63) is 53.9 Å². The molecule has 0 radical (unpaired) electrons. The Morgan fingerprint density at radius 1 is 1.26 bits per heavy atom. The molecule has 2 heterocycles. The first-order valence-corrected chi connectivity index (χ1v) is 8.86. The van der Waals surface area contributed by atoms with Crippen molar-refractivity contribution < 1.29 is 19.0 Å². The van der Waals surface area contributed by atoms with Gasteiger partial charge in [0.15, 0.2) is 11.5 Å². The van der Waals surface area contributed by atoms with E-state index in [1.807, 2.05) is 49.4 Å². The summed E-state index contributed by atoms with van der Waals surface area (Å²) in [5.41, 5.74) is 2.99. The maximum Gasteiger partial charge on any atom is 0.246 e. The average Bonchev–Trinajstić information content (AvgIpc) is 3.10. The van der Waals surface area contributed by atoms with Gasteiger partial charge in [0.2, 0.25) is 5.91 Å². The minimum absolute atomic E-state index is 0.0415. The van der Waals surface area contributed by atoms with E-state index >= 15 is 0 Å². The van der Waals surface area contributed by atoms with Crippen LogP contribution < -0.4 is 14.8 Å². The van der Waals surface area contributed by atoms with Crippen LogP contribution in [0.5, 0.6) is 11.5 Å². The summed E-state index contributed by atoms with van der Waals surface area (Å²) in [4.78, 5) is 19.7. The lowest BCUT2D eigenvalue weighted by atomic mass is 10.2. The number of benzene rings is 2. The van der Waals surface area contributed by atoms with E-state index in [0.29, 0.717) is 24.7 Å². The van der Waals surface area contributed by atoms with Gasteiger partial charge in [0.1, 0.15) is 31.7 Å². The van der Waals surface area contributed by atoms with E-state index in [-0.39, 0.29) is 25.2 Å². The molecule has 7 heteroatoms. The molecule has 7 nitrogen and oxygen atoms in total. The number of carbonyl (C=O) groups excluding carboxylic acids is 1. The van der Waals surface area contributed by atoms with Gasteiger partial charge in [-0.2, -0.15) is 0 Å². The average molecular weight is 367 g/mol. The number of hydrogen-bond acceptors (Lipinski definition) is 5. The van der Waals surface area contributed by atoms with E-state index in [1.165, 1.54) is 0 Å². The highest BCUT2D eigenvalue weighted by molar-refractivity contribution is 5.78. The molecule has 27 heavy (non-hydrogen) atoms. The van der Waals surface area contributed by atoms with E-state index in [1.54, 1.807) is 0 Å². The molecule has 3 aromatic rings. The molecule has 0 unspecified atom stereocenters. The molecule has 2 N–H and O–H groups in total. The predicted octanol–water partition coefficient (Wildman–Crippen LogP) is 2.34. The van der Waals surface area contributed by atoms with Gasteiger partial charge in [-0.1, -0.05) is 24.3 Å². The molecular weight excluding hydrogens is 346 g/mol. The third kappa shape index (κ3) is 4.03. The smallest absolute Gasteiger partial charge is 0.246 e. The van der Waals surface area contributed by atoms with E-state index < -0.39 is 0 Å². The highest BCUT2D eigenvalue weighted by Crippen LogP contribution is 2.30. The van der Waals surface area contributed by atoms with Crippen molar-refractivity contribution in [1.82, 2.24) is 15.3 Å². The van der Waals surface area contributed by atoms with Crippen LogP contribution in [0.2, 0.25) is 0 Å². The van der Waals surface area contributed by atoms with Crippen LogP contribution in [0.15, 0.2) is 42.5 Å². The zero-order valence-corrected chi connectivity index (χ0v) is 15.0. The van der Waals surface area contributed by atoms with Gasteiger partial charge in [0.25, 0.3) is 0 Å². The lowest BCUT2D eigenvalue weighted by Crippen LogP contribution is -2.41. The van der Waals surface area contributed by atoms with Gasteiger partial charge in [0, 0.05) is 0 Å². The van der Waals surface area contributed by atoms with Crippen LogP contribution in [-0.2, 0) is 16.1 Å². The number of carbonyl (C=O) groups is 1. The van der Waals surface area contributed by atoms with Crippen LogP contribution >= 0.6 is 0 Å². The van der Waals surface area contributed by atoms with E-state index in [2.05, 4.69) is 15.3 Å². The summed E-state index contributed by atoms with van der Waals surface area (Å²) in [6.07, 6.45) is -0.220. The van der Waals surface area contributed by atoms with Gasteiger partial charge in [-0.3, -0.25) is 4.79 Å². The first-order valence-electron chi connectivity index (χ1n) is 8.86. The first kappa shape index (κ1) is 17.4. The number of hydrogen-bond donors (Lipinski definition) is 2. The fourth-order valence-electron chi connectivity index (χ4n) is 2.98. The monoisotopic (exact) mass is 367 g/mol.